The minimum atomic E-state index is -1.61. The number of likely N-dealkylation sites (tertiary alicyclic amines) is 1. The number of aliphatic hydroxyl groups is 1. The zero-order chi connectivity index (χ0) is 14.5. The summed E-state index contributed by atoms with van der Waals surface area (Å²) < 4.78 is 5.29. The Hall–Kier alpha value is -1.30. The third kappa shape index (κ3) is 2.68. The maximum Gasteiger partial charge on any atom is 0.410 e. The average Bonchev–Trinajstić information content (AvgIpc) is 2.58. The van der Waals surface area contributed by atoms with Crippen LogP contribution in [0, 0.1) is 5.41 Å². The summed E-state index contributed by atoms with van der Waals surface area (Å²) in [4.78, 5) is 24.4. The molecule has 1 heterocycles. The van der Waals surface area contributed by atoms with Crippen molar-refractivity contribution in [1.29, 1.82) is 0 Å². The molecule has 0 aromatic heterocycles. The molecule has 1 aliphatic carbocycles. The molecule has 0 aromatic carbocycles. The number of hydrogen-bond donors (Lipinski definition) is 2. The van der Waals surface area contributed by atoms with Crippen molar-refractivity contribution in [3.05, 3.63) is 0 Å². The highest BCUT2D eigenvalue weighted by molar-refractivity contribution is 5.79. The Kier molecular flexibility index (Phi) is 3.04. The minimum Gasteiger partial charge on any atom is -0.479 e. The maximum atomic E-state index is 11.9. The lowest BCUT2D eigenvalue weighted by atomic mass is 9.58. The van der Waals surface area contributed by atoms with Crippen LogP contribution in [-0.2, 0) is 9.53 Å². The minimum absolute atomic E-state index is 0.217. The van der Waals surface area contributed by atoms with Crippen molar-refractivity contribution in [2.24, 2.45) is 5.41 Å². The van der Waals surface area contributed by atoms with E-state index in [2.05, 4.69) is 0 Å². The number of amides is 1. The fourth-order valence-electron chi connectivity index (χ4n) is 3.05. The second-order valence-corrected chi connectivity index (χ2v) is 6.84. The third-order valence-electron chi connectivity index (χ3n) is 3.82. The number of carboxylic acid groups (broad SMARTS) is 1. The van der Waals surface area contributed by atoms with Crippen molar-refractivity contribution in [1.82, 2.24) is 4.90 Å². The molecule has 2 N–H and O–H groups in total. The number of nitrogens with zero attached hydrogens (tertiary/aromatic N) is 1. The Morgan fingerprint density at radius 1 is 1.26 bits per heavy atom. The lowest BCUT2D eigenvalue weighted by Gasteiger charge is -2.48. The molecule has 6 nitrogen and oxygen atoms in total. The average molecular weight is 271 g/mol. The number of rotatable bonds is 1. The van der Waals surface area contributed by atoms with Crippen molar-refractivity contribution in [3.8, 4) is 0 Å². The van der Waals surface area contributed by atoms with Crippen LogP contribution in [0.15, 0.2) is 0 Å². The van der Waals surface area contributed by atoms with Crippen LogP contribution in [0.1, 0.15) is 40.0 Å². The largest absolute Gasteiger partial charge is 0.479 e. The van der Waals surface area contributed by atoms with Crippen LogP contribution in [-0.4, -0.2) is 51.5 Å². The van der Waals surface area contributed by atoms with Crippen LogP contribution in [0.25, 0.3) is 0 Å². The fourth-order valence-corrected chi connectivity index (χ4v) is 3.05. The Morgan fingerprint density at radius 2 is 1.84 bits per heavy atom. The molecule has 0 bridgehead atoms. The van der Waals surface area contributed by atoms with E-state index in [1.165, 1.54) is 0 Å². The topological polar surface area (TPSA) is 87.1 Å². The van der Waals surface area contributed by atoms with E-state index in [4.69, 9.17) is 9.84 Å². The molecule has 0 radical (unpaired) electrons. The van der Waals surface area contributed by atoms with E-state index in [-0.39, 0.29) is 24.3 Å². The van der Waals surface area contributed by atoms with E-state index < -0.39 is 17.2 Å². The zero-order valence-corrected chi connectivity index (χ0v) is 11.6. The van der Waals surface area contributed by atoms with Crippen molar-refractivity contribution in [3.63, 3.8) is 0 Å². The van der Waals surface area contributed by atoms with Crippen molar-refractivity contribution >= 4 is 12.1 Å². The molecule has 2 aliphatic rings. The number of aliphatic carboxylic acids is 1. The van der Waals surface area contributed by atoms with Gasteiger partial charge >= 0.3 is 12.1 Å². The van der Waals surface area contributed by atoms with Gasteiger partial charge in [0.2, 0.25) is 0 Å². The number of ether oxygens (including phenoxy) is 1. The number of carboxylic acids is 1. The van der Waals surface area contributed by atoms with Gasteiger partial charge in [-0.25, -0.2) is 9.59 Å². The zero-order valence-electron chi connectivity index (χ0n) is 11.6. The molecule has 1 saturated heterocycles. The Balaban J connectivity index is 1.92. The number of carbonyl (C=O) groups excluding carboxylic acids is 1. The second-order valence-electron chi connectivity index (χ2n) is 6.84. The summed E-state index contributed by atoms with van der Waals surface area (Å²) in [6.45, 7) is 6.46. The predicted octanol–water partition coefficient (Wildman–Crippen LogP) is 1.22. The highest BCUT2D eigenvalue weighted by Gasteiger charge is 2.61. The number of carbonyl (C=O) groups is 2. The second kappa shape index (κ2) is 4.10. The lowest BCUT2D eigenvalue weighted by molar-refractivity contribution is -0.185. The number of hydrogen-bond acceptors (Lipinski definition) is 4. The molecule has 19 heavy (non-hydrogen) atoms. The van der Waals surface area contributed by atoms with Gasteiger partial charge in [0.15, 0.2) is 5.60 Å². The first-order valence-electron chi connectivity index (χ1n) is 6.49. The monoisotopic (exact) mass is 271 g/mol. The first kappa shape index (κ1) is 14.1. The quantitative estimate of drug-likeness (QED) is 0.749. The van der Waals surface area contributed by atoms with Crippen LogP contribution in [0.5, 0.6) is 0 Å². The van der Waals surface area contributed by atoms with Gasteiger partial charge in [-0.05, 0) is 45.4 Å². The highest BCUT2D eigenvalue weighted by atomic mass is 16.6. The molecule has 1 aliphatic heterocycles. The van der Waals surface area contributed by atoms with Gasteiger partial charge in [0.05, 0.1) is 0 Å². The normalized spacial score (nSPS) is 34.2. The van der Waals surface area contributed by atoms with Crippen LogP contribution in [0.4, 0.5) is 4.79 Å². The molecule has 2 rings (SSSR count). The predicted molar refractivity (Wildman–Crippen MR) is 66.7 cm³/mol. The Bertz CT molecular complexity index is 406. The van der Waals surface area contributed by atoms with E-state index in [0.717, 1.165) is 6.42 Å². The molecule has 0 atom stereocenters. The molecular formula is C13H21NO5. The molecule has 0 aromatic rings. The van der Waals surface area contributed by atoms with Gasteiger partial charge in [0, 0.05) is 13.1 Å². The summed E-state index contributed by atoms with van der Waals surface area (Å²) in [5.74, 6) is -1.17. The summed E-state index contributed by atoms with van der Waals surface area (Å²) >= 11 is 0. The molecule has 1 saturated carbocycles. The summed E-state index contributed by atoms with van der Waals surface area (Å²) in [5.41, 5.74) is -2.39. The summed E-state index contributed by atoms with van der Waals surface area (Å²) in [5, 5.41) is 18.7. The Labute approximate surface area is 112 Å². The van der Waals surface area contributed by atoms with Crippen LogP contribution in [0.2, 0.25) is 0 Å². The van der Waals surface area contributed by atoms with E-state index in [1.807, 2.05) is 20.8 Å². The Morgan fingerprint density at radius 3 is 2.32 bits per heavy atom. The van der Waals surface area contributed by atoms with Gasteiger partial charge in [0.1, 0.15) is 5.60 Å². The van der Waals surface area contributed by atoms with Crippen LogP contribution < -0.4 is 0 Å². The first-order chi connectivity index (χ1) is 8.55. The fraction of sp³-hybridized carbons (Fsp3) is 0.846. The lowest BCUT2D eigenvalue weighted by Crippen LogP contribution is -2.58. The molecular weight excluding hydrogens is 250 g/mol. The van der Waals surface area contributed by atoms with E-state index in [9.17, 15) is 14.7 Å². The standard InChI is InChI=1S/C13H21NO5/c1-11(2,3)19-10(17)14-5-4-12(8-14)6-13(18,7-12)9(15)16/h18H,4-8H2,1-3H3,(H,15,16). The van der Waals surface area contributed by atoms with E-state index in [1.54, 1.807) is 4.90 Å². The molecule has 6 heteroatoms. The van der Waals surface area contributed by atoms with Crippen molar-refractivity contribution < 1.29 is 24.5 Å². The molecule has 2 fully saturated rings. The maximum absolute atomic E-state index is 11.9. The highest BCUT2D eigenvalue weighted by Crippen LogP contribution is 2.54. The van der Waals surface area contributed by atoms with Crippen LogP contribution >= 0.6 is 0 Å². The molecule has 0 unspecified atom stereocenters. The van der Waals surface area contributed by atoms with Gasteiger partial charge in [-0.15, -0.1) is 0 Å². The van der Waals surface area contributed by atoms with Gasteiger partial charge in [0.25, 0.3) is 0 Å². The first-order valence-corrected chi connectivity index (χ1v) is 6.49. The van der Waals surface area contributed by atoms with Gasteiger partial charge in [-0.3, -0.25) is 0 Å². The van der Waals surface area contributed by atoms with Crippen molar-refractivity contribution in [2.45, 2.75) is 51.2 Å². The van der Waals surface area contributed by atoms with Gasteiger partial charge < -0.3 is 19.8 Å². The molecule has 1 amide bonds. The van der Waals surface area contributed by atoms with E-state index in [0.29, 0.717) is 13.1 Å². The molecule has 108 valence electrons. The third-order valence-corrected chi connectivity index (χ3v) is 3.82. The summed E-state index contributed by atoms with van der Waals surface area (Å²) in [7, 11) is 0. The van der Waals surface area contributed by atoms with Gasteiger partial charge in [-0.1, -0.05) is 0 Å². The summed E-state index contributed by atoms with van der Waals surface area (Å²) in [6.07, 6.45) is 0.792. The summed E-state index contributed by atoms with van der Waals surface area (Å²) in [6, 6.07) is 0. The van der Waals surface area contributed by atoms with Crippen LogP contribution in [0.3, 0.4) is 0 Å². The van der Waals surface area contributed by atoms with Gasteiger partial charge in [-0.2, -0.15) is 0 Å². The van der Waals surface area contributed by atoms with E-state index >= 15 is 0 Å². The SMILES string of the molecule is CC(C)(C)OC(=O)N1CCC2(C1)CC(O)(C(=O)O)C2. The molecule has 1 spiro atoms. The smallest absolute Gasteiger partial charge is 0.410 e. The van der Waals surface area contributed by atoms with Crippen molar-refractivity contribution in [2.75, 3.05) is 13.1 Å².